The Hall–Kier alpha value is -2.26. The van der Waals surface area contributed by atoms with Crippen LogP contribution in [0.15, 0.2) is 35.4 Å². The topological polar surface area (TPSA) is 105 Å². The molecule has 2 aromatic heterocycles. The van der Waals surface area contributed by atoms with E-state index in [1.165, 1.54) is 10.6 Å². The van der Waals surface area contributed by atoms with E-state index in [0.29, 0.717) is 37.3 Å². The average molecular weight is 364 g/mol. The van der Waals surface area contributed by atoms with E-state index in [2.05, 4.69) is 15.3 Å². The van der Waals surface area contributed by atoms with Crippen LogP contribution in [0, 0.1) is 5.92 Å². The van der Waals surface area contributed by atoms with Crippen LogP contribution in [-0.4, -0.2) is 47.9 Å². The number of furan rings is 1. The van der Waals surface area contributed by atoms with Crippen molar-refractivity contribution in [2.45, 2.75) is 19.4 Å². The molecule has 8 nitrogen and oxygen atoms in total. The summed E-state index contributed by atoms with van der Waals surface area (Å²) in [5.74, 6) is -0.274. The molecular weight excluding hydrogens is 344 g/mol. The summed E-state index contributed by atoms with van der Waals surface area (Å²) in [6.07, 6.45) is 8.54. The Morgan fingerprint density at radius 1 is 1.32 bits per heavy atom. The van der Waals surface area contributed by atoms with Crippen LogP contribution in [0.1, 0.15) is 18.5 Å². The average Bonchev–Trinajstić information content (AvgIpc) is 3.14. The van der Waals surface area contributed by atoms with E-state index < -0.39 is 10.0 Å². The standard InChI is InChI=1S/C16H20N4O4S/c1-25(22,23)20-7-2-12(3-8-20)16(21)19-10-14-15(18-6-5-17-14)13-4-9-24-11-13/h4-6,9,11-12H,2-3,7-8,10H2,1H3,(H,19,21). The highest BCUT2D eigenvalue weighted by Gasteiger charge is 2.28. The summed E-state index contributed by atoms with van der Waals surface area (Å²) < 4.78 is 29.5. The third-order valence-electron chi connectivity index (χ3n) is 4.29. The van der Waals surface area contributed by atoms with Crippen molar-refractivity contribution < 1.29 is 17.6 Å². The van der Waals surface area contributed by atoms with Crippen molar-refractivity contribution in [2.24, 2.45) is 5.92 Å². The summed E-state index contributed by atoms with van der Waals surface area (Å²) in [6.45, 7) is 1.02. The van der Waals surface area contributed by atoms with Gasteiger partial charge >= 0.3 is 0 Å². The van der Waals surface area contributed by atoms with Crippen LogP contribution in [0.5, 0.6) is 0 Å². The molecule has 0 atom stereocenters. The second-order valence-corrected chi connectivity index (χ2v) is 8.00. The van der Waals surface area contributed by atoms with Gasteiger partial charge in [0.15, 0.2) is 0 Å². The summed E-state index contributed by atoms with van der Waals surface area (Å²) in [4.78, 5) is 21.0. The van der Waals surface area contributed by atoms with E-state index in [4.69, 9.17) is 4.42 Å². The van der Waals surface area contributed by atoms with Gasteiger partial charge in [-0.1, -0.05) is 0 Å². The molecular formula is C16H20N4O4S. The predicted molar refractivity (Wildman–Crippen MR) is 90.7 cm³/mol. The molecule has 0 aliphatic carbocycles. The highest BCUT2D eigenvalue weighted by atomic mass is 32.2. The highest BCUT2D eigenvalue weighted by Crippen LogP contribution is 2.21. The molecule has 1 aliphatic rings. The quantitative estimate of drug-likeness (QED) is 0.849. The third kappa shape index (κ3) is 4.23. The van der Waals surface area contributed by atoms with Crippen molar-refractivity contribution in [3.8, 4) is 11.3 Å². The lowest BCUT2D eigenvalue weighted by molar-refractivity contribution is -0.126. The van der Waals surface area contributed by atoms with Gasteiger partial charge in [-0.25, -0.2) is 12.7 Å². The molecule has 9 heteroatoms. The number of rotatable bonds is 5. The van der Waals surface area contributed by atoms with Crippen LogP contribution in [0.25, 0.3) is 11.3 Å². The summed E-state index contributed by atoms with van der Waals surface area (Å²) >= 11 is 0. The van der Waals surface area contributed by atoms with Crippen molar-refractivity contribution in [3.05, 3.63) is 36.7 Å². The summed E-state index contributed by atoms with van der Waals surface area (Å²) in [6, 6.07) is 1.79. The summed E-state index contributed by atoms with van der Waals surface area (Å²) in [7, 11) is -3.19. The van der Waals surface area contributed by atoms with Crippen molar-refractivity contribution in [2.75, 3.05) is 19.3 Å². The summed E-state index contributed by atoms with van der Waals surface area (Å²) in [5, 5.41) is 2.88. The van der Waals surface area contributed by atoms with E-state index >= 15 is 0 Å². The minimum absolute atomic E-state index is 0.0862. The van der Waals surface area contributed by atoms with E-state index in [1.54, 1.807) is 31.0 Å². The molecule has 25 heavy (non-hydrogen) atoms. The van der Waals surface area contributed by atoms with Crippen LogP contribution in [0.4, 0.5) is 0 Å². The molecule has 3 rings (SSSR count). The van der Waals surface area contributed by atoms with E-state index in [0.717, 1.165) is 5.56 Å². The molecule has 1 fully saturated rings. The number of piperidine rings is 1. The largest absolute Gasteiger partial charge is 0.472 e. The van der Waals surface area contributed by atoms with Gasteiger partial charge in [-0.15, -0.1) is 0 Å². The number of hydrogen-bond acceptors (Lipinski definition) is 6. The summed E-state index contributed by atoms with van der Waals surface area (Å²) in [5.41, 5.74) is 2.13. The smallest absolute Gasteiger partial charge is 0.223 e. The van der Waals surface area contributed by atoms with E-state index in [9.17, 15) is 13.2 Å². The van der Waals surface area contributed by atoms with Gasteiger partial charge < -0.3 is 9.73 Å². The first-order valence-corrected chi connectivity index (χ1v) is 9.85. The van der Waals surface area contributed by atoms with Gasteiger partial charge in [-0.3, -0.25) is 14.8 Å². The van der Waals surface area contributed by atoms with Crippen molar-refractivity contribution >= 4 is 15.9 Å². The Bertz CT molecular complexity index is 828. The zero-order valence-electron chi connectivity index (χ0n) is 13.9. The predicted octanol–water partition coefficient (Wildman–Crippen LogP) is 1.02. The first-order chi connectivity index (χ1) is 11.9. The number of sulfonamides is 1. The van der Waals surface area contributed by atoms with Crippen LogP contribution in [0.3, 0.4) is 0 Å². The number of carbonyl (C=O) groups is 1. The molecule has 134 valence electrons. The highest BCUT2D eigenvalue weighted by molar-refractivity contribution is 7.88. The van der Waals surface area contributed by atoms with Crippen LogP contribution < -0.4 is 5.32 Å². The number of carbonyl (C=O) groups excluding carboxylic acids is 1. The minimum atomic E-state index is -3.19. The maximum absolute atomic E-state index is 12.4. The van der Waals surface area contributed by atoms with Gasteiger partial charge in [0.05, 0.1) is 36.7 Å². The Labute approximate surface area is 146 Å². The zero-order valence-corrected chi connectivity index (χ0v) is 14.7. The Morgan fingerprint density at radius 2 is 2.04 bits per heavy atom. The van der Waals surface area contributed by atoms with Gasteiger partial charge in [0.25, 0.3) is 0 Å². The second kappa shape index (κ2) is 7.32. The molecule has 0 saturated carbocycles. The number of amides is 1. The van der Waals surface area contributed by atoms with Gasteiger partial charge in [0.2, 0.25) is 15.9 Å². The molecule has 0 spiro atoms. The molecule has 1 amide bonds. The molecule has 0 bridgehead atoms. The Kier molecular flexibility index (Phi) is 5.14. The van der Waals surface area contributed by atoms with Crippen LogP contribution in [0.2, 0.25) is 0 Å². The first-order valence-electron chi connectivity index (χ1n) is 8.00. The fraction of sp³-hybridized carbons (Fsp3) is 0.438. The van der Waals surface area contributed by atoms with Gasteiger partial charge in [0, 0.05) is 37.0 Å². The number of hydrogen-bond donors (Lipinski definition) is 1. The SMILES string of the molecule is CS(=O)(=O)N1CCC(C(=O)NCc2nccnc2-c2ccoc2)CC1. The molecule has 1 N–H and O–H groups in total. The van der Waals surface area contributed by atoms with Gasteiger partial charge in [0.1, 0.15) is 0 Å². The molecule has 2 aromatic rings. The van der Waals surface area contributed by atoms with Crippen molar-refractivity contribution in [1.29, 1.82) is 0 Å². The van der Waals surface area contributed by atoms with E-state index in [-0.39, 0.29) is 18.4 Å². The number of aromatic nitrogens is 2. The molecule has 1 saturated heterocycles. The lowest BCUT2D eigenvalue weighted by Crippen LogP contribution is -2.42. The zero-order chi connectivity index (χ0) is 17.9. The second-order valence-electron chi connectivity index (χ2n) is 6.02. The maximum Gasteiger partial charge on any atom is 0.223 e. The van der Waals surface area contributed by atoms with Crippen molar-refractivity contribution in [1.82, 2.24) is 19.6 Å². The Morgan fingerprint density at radius 3 is 2.68 bits per heavy atom. The minimum Gasteiger partial charge on any atom is -0.472 e. The normalized spacial score (nSPS) is 16.7. The van der Waals surface area contributed by atoms with Crippen LogP contribution >= 0.6 is 0 Å². The van der Waals surface area contributed by atoms with Crippen LogP contribution in [-0.2, 0) is 21.4 Å². The van der Waals surface area contributed by atoms with Crippen molar-refractivity contribution in [3.63, 3.8) is 0 Å². The maximum atomic E-state index is 12.4. The molecule has 0 unspecified atom stereocenters. The fourth-order valence-corrected chi connectivity index (χ4v) is 3.78. The number of nitrogens with one attached hydrogen (secondary N) is 1. The molecule has 3 heterocycles. The number of nitrogens with zero attached hydrogens (tertiary/aromatic N) is 3. The Balaban J connectivity index is 1.59. The molecule has 0 radical (unpaired) electrons. The lowest BCUT2D eigenvalue weighted by Gasteiger charge is -2.29. The monoisotopic (exact) mass is 364 g/mol. The lowest BCUT2D eigenvalue weighted by atomic mass is 9.97. The third-order valence-corrected chi connectivity index (χ3v) is 5.60. The first kappa shape index (κ1) is 17.6. The van der Waals surface area contributed by atoms with E-state index in [1.807, 2.05) is 0 Å². The molecule has 1 aliphatic heterocycles. The van der Waals surface area contributed by atoms with Gasteiger partial charge in [-0.2, -0.15) is 0 Å². The van der Waals surface area contributed by atoms with Gasteiger partial charge in [-0.05, 0) is 18.9 Å². The molecule has 0 aromatic carbocycles. The fourth-order valence-electron chi connectivity index (χ4n) is 2.90.